The third-order valence-electron chi connectivity index (χ3n) is 5.14. The Labute approximate surface area is 154 Å². The highest BCUT2D eigenvalue weighted by molar-refractivity contribution is 5.88. The van der Waals surface area contributed by atoms with Crippen molar-refractivity contribution >= 4 is 29.6 Å². The van der Waals surface area contributed by atoms with E-state index in [1.54, 1.807) is 4.90 Å². The van der Waals surface area contributed by atoms with Gasteiger partial charge in [-0.2, -0.15) is 0 Å². The first-order valence-electron chi connectivity index (χ1n) is 8.44. The van der Waals surface area contributed by atoms with Crippen molar-refractivity contribution in [3.8, 4) is 0 Å². The van der Waals surface area contributed by atoms with E-state index in [0.717, 1.165) is 29.9 Å². The van der Waals surface area contributed by atoms with Crippen LogP contribution in [0.15, 0.2) is 17.1 Å². The van der Waals surface area contributed by atoms with Gasteiger partial charge in [0.1, 0.15) is 11.3 Å². The average molecular weight is 385 g/mol. The summed E-state index contributed by atoms with van der Waals surface area (Å²) in [7, 11) is 0. The number of carboxylic acids is 1. The highest BCUT2D eigenvalue weighted by Crippen LogP contribution is 2.43. The van der Waals surface area contributed by atoms with Gasteiger partial charge in [0.2, 0.25) is 0 Å². The van der Waals surface area contributed by atoms with Crippen LogP contribution >= 0.6 is 12.4 Å². The van der Waals surface area contributed by atoms with Gasteiger partial charge in [0.25, 0.3) is 5.56 Å². The van der Waals surface area contributed by atoms with Crippen molar-refractivity contribution in [1.82, 2.24) is 4.40 Å². The zero-order chi connectivity index (χ0) is 17.9. The molecule has 26 heavy (non-hydrogen) atoms. The second-order valence-electron chi connectivity index (χ2n) is 7.10. The van der Waals surface area contributed by atoms with Crippen LogP contribution in [0.5, 0.6) is 0 Å². The molecule has 8 heteroatoms. The Balaban J connectivity index is 0.00000196. The van der Waals surface area contributed by atoms with Crippen molar-refractivity contribution in [2.75, 3.05) is 18.0 Å². The quantitative estimate of drug-likeness (QED) is 0.880. The number of anilines is 1. The van der Waals surface area contributed by atoms with E-state index in [1.165, 1.54) is 6.07 Å². The van der Waals surface area contributed by atoms with E-state index < -0.39 is 28.7 Å². The first-order valence-corrected chi connectivity index (χ1v) is 8.44. The molecule has 0 amide bonds. The molecule has 1 saturated carbocycles. The summed E-state index contributed by atoms with van der Waals surface area (Å²) in [5.74, 6) is -2.65. The zero-order valence-electron chi connectivity index (χ0n) is 14.2. The van der Waals surface area contributed by atoms with Crippen molar-refractivity contribution in [3.05, 3.63) is 45.4 Å². The maximum atomic E-state index is 15.3. The van der Waals surface area contributed by atoms with E-state index in [4.69, 9.17) is 0 Å². The molecule has 3 heterocycles. The van der Waals surface area contributed by atoms with Crippen molar-refractivity contribution < 1.29 is 18.7 Å². The molecular formula is C18H19ClF2N2O3. The molecule has 2 aliphatic rings. The van der Waals surface area contributed by atoms with Crippen LogP contribution in [0.1, 0.15) is 48.0 Å². The largest absolute Gasteiger partial charge is 0.477 e. The number of carbonyl (C=O) groups is 1. The van der Waals surface area contributed by atoms with E-state index in [9.17, 15) is 19.1 Å². The Morgan fingerprint density at radius 3 is 2.50 bits per heavy atom. The molecule has 1 atom stereocenters. The molecule has 4 rings (SSSR count). The van der Waals surface area contributed by atoms with Crippen LogP contribution in [0.3, 0.4) is 0 Å². The normalized spacial score (nSPS) is 19.7. The number of carboxylic acid groups (broad SMARTS) is 1. The molecule has 0 bridgehead atoms. The summed E-state index contributed by atoms with van der Waals surface area (Å²) in [4.78, 5) is 25.4. The lowest BCUT2D eigenvalue weighted by Crippen LogP contribution is -2.27. The molecule has 1 aliphatic carbocycles. The standard InChI is InChI=1S/C18H18F2N2O3.ClH/c1-9-4-5-21(7-9)16-13(19)8-22-15(14(16)20)11(10-2-3-10)6-12(17(22)23)18(24)25;/h6,8-10H,2-5,7H2,1H3,(H,24,25);1H. The van der Waals surface area contributed by atoms with E-state index >= 15 is 4.39 Å². The Hall–Kier alpha value is -2.15. The molecule has 2 aromatic heterocycles. The number of aromatic nitrogens is 1. The van der Waals surface area contributed by atoms with E-state index in [1.807, 2.05) is 6.92 Å². The summed E-state index contributed by atoms with van der Waals surface area (Å²) in [5.41, 5.74) is -1.00. The van der Waals surface area contributed by atoms with Gasteiger partial charge in [-0.15, -0.1) is 12.4 Å². The summed E-state index contributed by atoms with van der Waals surface area (Å²) in [6, 6.07) is 1.26. The second-order valence-corrected chi connectivity index (χ2v) is 7.10. The van der Waals surface area contributed by atoms with Crippen molar-refractivity contribution in [2.45, 2.75) is 32.1 Å². The van der Waals surface area contributed by atoms with Crippen LogP contribution < -0.4 is 10.5 Å². The second kappa shape index (κ2) is 6.54. The Morgan fingerprint density at radius 2 is 1.96 bits per heavy atom. The summed E-state index contributed by atoms with van der Waals surface area (Å²) < 4.78 is 30.7. The lowest BCUT2D eigenvalue weighted by molar-refractivity contribution is 0.0694. The molecule has 0 spiro atoms. The predicted molar refractivity (Wildman–Crippen MR) is 95.8 cm³/mol. The summed E-state index contributed by atoms with van der Waals surface area (Å²) in [5, 5.41) is 9.24. The number of halogens is 3. The van der Waals surface area contributed by atoms with E-state index in [2.05, 4.69) is 0 Å². The molecule has 5 nitrogen and oxygen atoms in total. The molecule has 0 aromatic carbocycles. The molecule has 1 N–H and O–H groups in total. The number of rotatable bonds is 3. The Bertz CT molecular complexity index is 956. The van der Waals surface area contributed by atoms with E-state index in [0.29, 0.717) is 24.6 Å². The monoisotopic (exact) mass is 384 g/mol. The fraction of sp³-hybridized carbons (Fsp3) is 0.444. The maximum absolute atomic E-state index is 15.3. The molecule has 2 aromatic rings. The van der Waals surface area contributed by atoms with Gasteiger partial charge in [-0.3, -0.25) is 9.20 Å². The van der Waals surface area contributed by atoms with Crippen LogP contribution in [0.2, 0.25) is 0 Å². The van der Waals surface area contributed by atoms with Crippen LogP contribution in [-0.4, -0.2) is 28.6 Å². The van der Waals surface area contributed by atoms with E-state index in [-0.39, 0.29) is 29.5 Å². The number of hydrogen-bond acceptors (Lipinski definition) is 3. The number of hydrogen-bond donors (Lipinski definition) is 1. The average Bonchev–Trinajstić information content (AvgIpc) is 3.30. The number of pyridine rings is 2. The molecule has 0 radical (unpaired) electrons. The number of fused-ring (bicyclic) bond motifs is 1. The third kappa shape index (κ3) is 2.84. The minimum absolute atomic E-state index is 0. The van der Waals surface area contributed by atoms with Crippen LogP contribution in [0.4, 0.5) is 14.5 Å². The van der Waals surface area contributed by atoms with Gasteiger partial charge in [-0.05, 0) is 42.7 Å². The highest BCUT2D eigenvalue weighted by atomic mass is 35.5. The Kier molecular flexibility index (Phi) is 4.69. The van der Waals surface area contributed by atoms with Gasteiger partial charge in [-0.25, -0.2) is 13.6 Å². The van der Waals surface area contributed by atoms with Gasteiger partial charge in [0.05, 0.1) is 11.7 Å². The minimum atomic E-state index is -1.39. The molecule has 1 saturated heterocycles. The molecular weight excluding hydrogens is 366 g/mol. The van der Waals surface area contributed by atoms with Gasteiger partial charge in [-0.1, -0.05) is 6.92 Å². The molecule has 1 aliphatic heterocycles. The molecule has 1 unspecified atom stereocenters. The fourth-order valence-electron chi connectivity index (χ4n) is 3.69. The number of nitrogens with zero attached hydrogens (tertiary/aromatic N) is 2. The fourth-order valence-corrected chi connectivity index (χ4v) is 3.69. The first kappa shape index (κ1) is 18.6. The SMILES string of the molecule is CC1CCN(c2c(F)cn3c(=O)c(C(=O)O)cc(C4CC4)c3c2F)C1.Cl. The summed E-state index contributed by atoms with van der Waals surface area (Å²) in [6.07, 6.45) is 3.39. The van der Waals surface area contributed by atoms with Crippen molar-refractivity contribution in [3.63, 3.8) is 0 Å². The van der Waals surface area contributed by atoms with Crippen LogP contribution in [-0.2, 0) is 0 Å². The topological polar surface area (TPSA) is 62.0 Å². The van der Waals surface area contributed by atoms with Gasteiger partial charge >= 0.3 is 5.97 Å². The van der Waals surface area contributed by atoms with Crippen molar-refractivity contribution in [1.29, 1.82) is 0 Å². The van der Waals surface area contributed by atoms with Crippen molar-refractivity contribution in [2.24, 2.45) is 5.92 Å². The van der Waals surface area contributed by atoms with Crippen LogP contribution in [0, 0.1) is 17.6 Å². The highest BCUT2D eigenvalue weighted by Gasteiger charge is 2.33. The van der Waals surface area contributed by atoms with Crippen LogP contribution in [0.25, 0.3) is 5.52 Å². The number of aromatic carboxylic acids is 1. The summed E-state index contributed by atoms with van der Waals surface area (Å²) in [6.45, 7) is 3.14. The predicted octanol–water partition coefficient (Wildman–Crippen LogP) is 3.42. The lowest BCUT2D eigenvalue weighted by atomic mass is 10.1. The smallest absolute Gasteiger partial charge is 0.341 e. The third-order valence-corrected chi connectivity index (χ3v) is 5.14. The van der Waals surface area contributed by atoms with Gasteiger partial charge < -0.3 is 10.0 Å². The summed E-state index contributed by atoms with van der Waals surface area (Å²) >= 11 is 0. The molecule has 140 valence electrons. The first-order chi connectivity index (χ1) is 11.9. The van der Waals surface area contributed by atoms with Gasteiger partial charge in [0, 0.05) is 13.1 Å². The lowest BCUT2D eigenvalue weighted by Gasteiger charge is -2.22. The maximum Gasteiger partial charge on any atom is 0.341 e. The van der Waals surface area contributed by atoms with Gasteiger partial charge in [0.15, 0.2) is 11.6 Å². The molecule has 2 fully saturated rings. The minimum Gasteiger partial charge on any atom is -0.477 e. The zero-order valence-corrected chi connectivity index (χ0v) is 15.0. The Morgan fingerprint density at radius 1 is 1.27 bits per heavy atom.